The molecule has 0 aromatic carbocycles. The first-order valence-corrected chi connectivity index (χ1v) is 10.9. The summed E-state index contributed by atoms with van der Waals surface area (Å²) in [6.07, 6.45) is 14.4. The highest BCUT2D eigenvalue weighted by Gasteiger charge is 2.31. The molecule has 0 aliphatic heterocycles. The Morgan fingerprint density at radius 1 is 1.21 bits per heavy atom. The van der Waals surface area contributed by atoms with Crippen LogP contribution < -0.4 is 10.6 Å². The molecule has 0 saturated heterocycles. The van der Waals surface area contributed by atoms with Crippen molar-refractivity contribution >= 4 is 29.9 Å². The van der Waals surface area contributed by atoms with Gasteiger partial charge in [0.15, 0.2) is 5.96 Å². The molecular weight excluding hydrogens is 465 g/mol. The zero-order chi connectivity index (χ0) is 19.0. The van der Waals surface area contributed by atoms with Crippen molar-refractivity contribution in [3.63, 3.8) is 0 Å². The molecule has 0 amide bonds. The lowest BCUT2D eigenvalue weighted by Gasteiger charge is -2.37. The Hall–Kier alpha value is -0.830. The van der Waals surface area contributed by atoms with Gasteiger partial charge in [-0.15, -0.1) is 24.0 Å². The Kier molecular flexibility index (Phi) is 10.0. The van der Waals surface area contributed by atoms with Crippen LogP contribution in [0, 0.1) is 5.41 Å². The molecule has 3 N–H and O–H groups in total. The summed E-state index contributed by atoms with van der Waals surface area (Å²) in [4.78, 5) is 4.76. The minimum Gasteiger partial charge on any atom is -0.396 e. The van der Waals surface area contributed by atoms with E-state index in [1.165, 1.54) is 57.8 Å². The Morgan fingerprint density at radius 3 is 2.64 bits per heavy atom. The lowest BCUT2D eigenvalue weighted by atomic mass is 9.72. The van der Waals surface area contributed by atoms with Gasteiger partial charge in [0.2, 0.25) is 0 Å². The van der Waals surface area contributed by atoms with E-state index < -0.39 is 0 Å². The molecule has 1 heterocycles. The van der Waals surface area contributed by atoms with Crippen molar-refractivity contribution < 1.29 is 5.11 Å². The summed E-state index contributed by atoms with van der Waals surface area (Å²) < 4.78 is 2.14. The van der Waals surface area contributed by atoms with E-state index in [1.807, 2.05) is 0 Å². The molecule has 0 radical (unpaired) electrons. The molecule has 3 rings (SSSR count). The van der Waals surface area contributed by atoms with Crippen LogP contribution in [0.15, 0.2) is 17.3 Å². The third-order valence-electron chi connectivity index (χ3n) is 6.29. The predicted octanol–water partition coefficient (Wildman–Crippen LogP) is 4.00. The number of guanidine groups is 1. The van der Waals surface area contributed by atoms with Crippen LogP contribution in [-0.2, 0) is 6.54 Å². The van der Waals surface area contributed by atoms with Gasteiger partial charge in [-0.1, -0.05) is 32.1 Å². The lowest BCUT2D eigenvalue weighted by molar-refractivity contribution is 0.131. The van der Waals surface area contributed by atoms with Crippen molar-refractivity contribution in [3.05, 3.63) is 18.0 Å². The molecule has 160 valence electrons. The quantitative estimate of drug-likeness (QED) is 0.285. The first-order chi connectivity index (χ1) is 13.2. The minimum absolute atomic E-state index is 0. The molecule has 6 nitrogen and oxygen atoms in total. The van der Waals surface area contributed by atoms with Gasteiger partial charge in [-0.05, 0) is 50.5 Å². The van der Waals surface area contributed by atoms with Gasteiger partial charge in [0.25, 0.3) is 0 Å². The number of aliphatic hydroxyl groups is 1. The highest BCUT2D eigenvalue weighted by atomic mass is 127. The summed E-state index contributed by atoms with van der Waals surface area (Å²) in [5, 5.41) is 21.1. The lowest BCUT2D eigenvalue weighted by Crippen LogP contribution is -2.45. The zero-order valence-electron chi connectivity index (χ0n) is 17.3. The summed E-state index contributed by atoms with van der Waals surface area (Å²) in [5.74, 6) is 0.857. The van der Waals surface area contributed by atoms with Gasteiger partial charge in [0.1, 0.15) is 0 Å². The Bertz CT molecular complexity index is 586. The topological polar surface area (TPSA) is 74.5 Å². The van der Waals surface area contributed by atoms with Crippen molar-refractivity contribution in [1.82, 2.24) is 20.4 Å². The van der Waals surface area contributed by atoms with Crippen molar-refractivity contribution in [2.24, 2.45) is 10.4 Å². The van der Waals surface area contributed by atoms with E-state index in [4.69, 9.17) is 10.1 Å². The molecule has 0 bridgehead atoms. The number of rotatable bonds is 8. The highest BCUT2D eigenvalue weighted by Crippen LogP contribution is 2.38. The van der Waals surface area contributed by atoms with Gasteiger partial charge in [0.05, 0.1) is 18.3 Å². The second-order valence-electron chi connectivity index (χ2n) is 8.31. The molecule has 0 atom stereocenters. The Labute approximate surface area is 187 Å². The number of aliphatic imine (C=N–C) groups is 1. The average Bonchev–Trinajstić information content (AvgIpc) is 3.36. The Morgan fingerprint density at radius 2 is 1.96 bits per heavy atom. The summed E-state index contributed by atoms with van der Waals surface area (Å²) in [5.41, 5.74) is 1.25. The van der Waals surface area contributed by atoms with Gasteiger partial charge in [-0.2, -0.15) is 5.10 Å². The van der Waals surface area contributed by atoms with Crippen molar-refractivity contribution in [2.75, 3.05) is 19.7 Å². The zero-order valence-corrected chi connectivity index (χ0v) is 19.7. The van der Waals surface area contributed by atoms with Gasteiger partial charge in [-0.25, -0.2) is 4.99 Å². The van der Waals surface area contributed by atoms with Crippen molar-refractivity contribution in [1.29, 1.82) is 0 Å². The number of hydrogen-bond donors (Lipinski definition) is 3. The van der Waals surface area contributed by atoms with E-state index in [9.17, 15) is 5.11 Å². The average molecular weight is 503 g/mol. The maximum absolute atomic E-state index is 9.51. The van der Waals surface area contributed by atoms with Crippen LogP contribution in [0.1, 0.15) is 82.9 Å². The van der Waals surface area contributed by atoms with Crippen LogP contribution in [0.3, 0.4) is 0 Å². The normalized spacial score (nSPS) is 20.0. The summed E-state index contributed by atoms with van der Waals surface area (Å²) in [7, 11) is 0. The molecule has 2 saturated carbocycles. The second kappa shape index (κ2) is 12.0. The first-order valence-electron chi connectivity index (χ1n) is 10.9. The molecule has 7 heteroatoms. The third-order valence-corrected chi connectivity index (χ3v) is 6.29. The van der Waals surface area contributed by atoms with E-state index in [1.54, 1.807) is 0 Å². The maximum Gasteiger partial charge on any atom is 0.191 e. The smallest absolute Gasteiger partial charge is 0.191 e. The number of aromatic nitrogens is 2. The molecule has 1 aromatic heterocycles. The number of hydrogen-bond acceptors (Lipinski definition) is 3. The number of halogens is 1. The van der Waals surface area contributed by atoms with Crippen LogP contribution in [0.2, 0.25) is 0 Å². The summed E-state index contributed by atoms with van der Waals surface area (Å²) >= 11 is 0. The van der Waals surface area contributed by atoms with Crippen molar-refractivity contribution in [3.8, 4) is 0 Å². The molecule has 2 aliphatic rings. The SMILES string of the molecule is CCNC(=NCc1ccn(C2CCCC2)n1)NCC1(CCO)CCCCC1.I. The van der Waals surface area contributed by atoms with Gasteiger partial charge >= 0.3 is 0 Å². The van der Waals surface area contributed by atoms with Gasteiger partial charge in [0, 0.05) is 25.9 Å². The monoisotopic (exact) mass is 503 g/mol. The molecule has 1 aromatic rings. The van der Waals surface area contributed by atoms with Gasteiger partial charge in [-0.3, -0.25) is 4.68 Å². The third kappa shape index (κ3) is 6.61. The van der Waals surface area contributed by atoms with Crippen molar-refractivity contribution in [2.45, 2.75) is 83.7 Å². The van der Waals surface area contributed by atoms with E-state index in [0.717, 1.165) is 31.2 Å². The van der Waals surface area contributed by atoms with E-state index >= 15 is 0 Å². The molecule has 0 spiro atoms. The molecule has 2 fully saturated rings. The fourth-order valence-electron chi connectivity index (χ4n) is 4.66. The maximum atomic E-state index is 9.51. The summed E-state index contributed by atoms with van der Waals surface area (Å²) in [6, 6.07) is 2.68. The second-order valence-corrected chi connectivity index (χ2v) is 8.31. The Balaban J connectivity index is 0.00000280. The number of aliphatic hydroxyl groups excluding tert-OH is 1. The fourth-order valence-corrected chi connectivity index (χ4v) is 4.66. The van der Waals surface area contributed by atoms with Crippen LogP contribution in [0.5, 0.6) is 0 Å². The fraction of sp³-hybridized carbons (Fsp3) is 0.810. The number of nitrogens with zero attached hydrogens (tertiary/aromatic N) is 3. The highest BCUT2D eigenvalue weighted by molar-refractivity contribution is 14.0. The standard InChI is InChI=1S/C21H37N5O.HI/c1-2-22-20(24-17-21(13-15-27)11-6-3-7-12-21)23-16-18-10-14-26(25-18)19-8-4-5-9-19;/h10,14,19,27H,2-9,11-13,15-17H2,1H3,(H2,22,23,24);1H. The molecular formula is C21H38IN5O. The van der Waals surface area contributed by atoms with E-state index in [0.29, 0.717) is 12.6 Å². The van der Waals surface area contributed by atoms with E-state index in [2.05, 4.69) is 34.5 Å². The largest absolute Gasteiger partial charge is 0.396 e. The minimum atomic E-state index is 0. The number of nitrogens with one attached hydrogen (secondary N) is 2. The van der Waals surface area contributed by atoms with Crippen LogP contribution in [0.25, 0.3) is 0 Å². The molecule has 28 heavy (non-hydrogen) atoms. The predicted molar refractivity (Wildman–Crippen MR) is 125 cm³/mol. The molecule has 2 aliphatic carbocycles. The van der Waals surface area contributed by atoms with Crippen LogP contribution in [-0.4, -0.2) is 40.5 Å². The first kappa shape index (κ1) is 23.4. The van der Waals surface area contributed by atoms with Crippen LogP contribution in [0.4, 0.5) is 0 Å². The summed E-state index contributed by atoms with van der Waals surface area (Å²) in [6.45, 7) is 4.69. The van der Waals surface area contributed by atoms with E-state index in [-0.39, 0.29) is 36.0 Å². The van der Waals surface area contributed by atoms with Crippen LogP contribution >= 0.6 is 24.0 Å². The molecule has 0 unspecified atom stereocenters. The van der Waals surface area contributed by atoms with Gasteiger partial charge < -0.3 is 15.7 Å².